The third-order valence-electron chi connectivity index (χ3n) is 5.59. The number of thioether (sulfide) groups is 1. The molecule has 1 aromatic rings. The van der Waals surface area contributed by atoms with Gasteiger partial charge in [-0.1, -0.05) is 17.7 Å². The minimum Gasteiger partial charge on any atom is -0.381 e. The normalized spacial score (nSPS) is 26.0. The molecule has 3 fully saturated rings. The number of carbonyl (C=O) groups excluding carboxylic acids is 1. The molecule has 3 aliphatic heterocycles. The van der Waals surface area contributed by atoms with Gasteiger partial charge in [0.2, 0.25) is 0 Å². The topological polar surface area (TPSA) is 38.8 Å². The van der Waals surface area contributed by atoms with Crippen molar-refractivity contribution in [3.63, 3.8) is 0 Å². The van der Waals surface area contributed by atoms with Gasteiger partial charge >= 0.3 is 0 Å². The number of carbonyl (C=O) groups is 1. The third kappa shape index (κ3) is 3.88. The second kappa shape index (κ2) is 7.29. The first kappa shape index (κ1) is 17.4. The van der Waals surface area contributed by atoms with Crippen molar-refractivity contribution in [2.24, 2.45) is 5.92 Å². The Morgan fingerprint density at radius 2 is 2.16 bits per heavy atom. The van der Waals surface area contributed by atoms with Crippen LogP contribution in [-0.2, 0) is 9.47 Å². The second-order valence-electron chi connectivity index (χ2n) is 7.74. The standard InChI is InChI=1S/C20H27NO3S/c1-15-3-2-4-17(9-15)19(22)21-13-20(14-21)10-18(12-25-20)24-11-16-5-7-23-8-6-16/h2-4,9,16,18H,5-8,10-14H2,1H3. The number of amides is 1. The minimum absolute atomic E-state index is 0.168. The summed E-state index contributed by atoms with van der Waals surface area (Å²) in [7, 11) is 0. The zero-order valence-corrected chi connectivity index (χ0v) is 15.7. The van der Waals surface area contributed by atoms with E-state index in [1.54, 1.807) is 0 Å². The third-order valence-corrected chi connectivity index (χ3v) is 7.17. The summed E-state index contributed by atoms with van der Waals surface area (Å²) in [5, 5.41) is 0. The van der Waals surface area contributed by atoms with E-state index in [0.29, 0.717) is 12.0 Å². The molecule has 1 amide bonds. The van der Waals surface area contributed by atoms with Crippen molar-refractivity contribution in [1.29, 1.82) is 0 Å². The molecule has 1 atom stereocenters. The molecule has 1 aromatic carbocycles. The van der Waals surface area contributed by atoms with Crippen LogP contribution in [0.25, 0.3) is 0 Å². The maximum Gasteiger partial charge on any atom is 0.253 e. The Hall–Kier alpha value is -1.04. The van der Waals surface area contributed by atoms with Crippen LogP contribution < -0.4 is 0 Å². The summed E-state index contributed by atoms with van der Waals surface area (Å²) in [5.74, 6) is 1.90. The summed E-state index contributed by atoms with van der Waals surface area (Å²) in [6, 6.07) is 7.89. The molecule has 3 saturated heterocycles. The van der Waals surface area contributed by atoms with E-state index >= 15 is 0 Å². The van der Waals surface area contributed by atoms with Crippen LogP contribution in [-0.4, -0.2) is 60.3 Å². The molecule has 4 rings (SSSR count). The lowest BCUT2D eigenvalue weighted by atomic mass is 9.92. The van der Waals surface area contributed by atoms with Gasteiger partial charge in [0.05, 0.1) is 10.9 Å². The Labute approximate surface area is 154 Å². The van der Waals surface area contributed by atoms with E-state index in [0.717, 1.165) is 69.1 Å². The highest BCUT2D eigenvalue weighted by atomic mass is 32.2. The van der Waals surface area contributed by atoms with Gasteiger partial charge in [-0.25, -0.2) is 0 Å². The summed E-state index contributed by atoms with van der Waals surface area (Å²) in [6.07, 6.45) is 3.69. The SMILES string of the molecule is Cc1cccc(C(=O)N2CC3(CC(OCC4CCOCC4)CS3)C2)c1. The first-order valence-electron chi connectivity index (χ1n) is 9.33. The van der Waals surface area contributed by atoms with E-state index in [4.69, 9.17) is 9.47 Å². The van der Waals surface area contributed by atoms with Gasteiger partial charge in [-0.3, -0.25) is 4.79 Å². The smallest absolute Gasteiger partial charge is 0.253 e. The molecule has 0 aromatic heterocycles. The lowest BCUT2D eigenvalue weighted by Crippen LogP contribution is -2.60. The summed E-state index contributed by atoms with van der Waals surface area (Å²) < 4.78 is 11.8. The number of aryl methyl sites for hydroxylation is 1. The summed E-state index contributed by atoms with van der Waals surface area (Å²) in [5.41, 5.74) is 1.95. The Kier molecular flexibility index (Phi) is 5.07. The molecule has 136 valence electrons. The summed E-state index contributed by atoms with van der Waals surface area (Å²) >= 11 is 2.00. The summed E-state index contributed by atoms with van der Waals surface area (Å²) in [4.78, 5) is 14.6. The fraction of sp³-hybridized carbons (Fsp3) is 0.650. The van der Waals surface area contributed by atoms with Gasteiger partial charge in [0.15, 0.2) is 0 Å². The first-order chi connectivity index (χ1) is 12.1. The fourth-order valence-corrected chi connectivity index (χ4v) is 5.62. The van der Waals surface area contributed by atoms with Crippen LogP contribution in [0.3, 0.4) is 0 Å². The second-order valence-corrected chi connectivity index (χ2v) is 9.23. The quantitative estimate of drug-likeness (QED) is 0.826. The predicted octanol–water partition coefficient (Wildman–Crippen LogP) is 3.14. The number of likely N-dealkylation sites (tertiary alicyclic amines) is 1. The van der Waals surface area contributed by atoms with E-state index in [1.807, 2.05) is 47.9 Å². The van der Waals surface area contributed by atoms with Crippen molar-refractivity contribution in [2.75, 3.05) is 38.7 Å². The van der Waals surface area contributed by atoms with Gasteiger partial charge in [-0.05, 0) is 44.2 Å². The zero-order chi connectivity index (χ0) is 17.3. The first-order valence-corrected chi connectivity index (χ1v) is 10.3. The van der Waals surface area contributed by atoms with E-state index in [1.165, 1.54) is 0 Å². The van der Waals surface area contributed by atoms with Gasteiger partial charge in [0.25, 0.3) is 5.91 Å². The van der Waals surface area contributed by atoms with Crippen molar-refractivity contribution >= 4 is 17.7 Å². The average Bonchev–Trinajstić information content (AvgIpc) is 3.04. The molecule has 1 spiro atoms. The van der Waals surface area contributed by atoms with Crippen LogP contribution in [0.2, 0.25) is 0 Å². The number of nitrogens with zero attached hydrogens (tertiary/aromatic N) is 1. The predicted molar refractivity (Wildman–Crippen MR) is 100 cm³/mol. The van der Waals surface area contributed by atoms with Gasteiger partial charge in [-0.15, -0.1) is 11.8 Å². The molecular weight excluding hydrogens is 334 g/mol. The largest absolute Gasteiger partial charge is 0.381 e. The molecule has 0 N–H and O–H groups in total. The van der Waals surface area contributed by atoms with Gasteiger partial charge in [0, 0.05) is 44.2 Å². The molecule has 5 heteroatoms. The molecule has 0 bridgehead atoms. The molecule has 3 heterocycles. The van der Waals surface area contributed by atoms with E-state index < -0.39 is 0 Å². The molecular formula is C20H27NO3S. The molecule has 4 nitrogen and oxygen atoms in total. The highest BCUT2D eigenvalue weighted by molar-refractivity contribution is 8.01. The minimum atomic E-state index is 0.168. The van der Waals surface area contributed by atoms with Crippen LogP contribution in [0.15, 0.2) is 24.3 Å². The molecule has 25 heavy (non-hydrogen) atoms. The molecule has 0 saturated carbocycles. The Balaban J connectivity index is 1.25. The lowest BCUT2D eigenvalue weighted by molar-refractivity contribution is -0.0118. The number of rotatable bonds is 4. The van der Waals surface area contributed by atoms with Crippen molar-refractivity contribution in [3.8, 4) is 0 Å². The lowest BCUT2D eigenvalue weighted by Gasteiger charge is -2.47. The highest BCUT2D eigenvalue weighted by Crippen LogP contribution is 2.46. The van der Waals surface area contributed by atoms with E-state index in [9.17, 15) is 4.79 Å². The van der Waals surface area contributed by atoms with Gasteiger partial charge < -0.3 is 14.4 Å². The zero-order valence-electron chi connectivity index (χ0n) is 14.9. The van der Waals surface area contributed by atoms with Crippen molar-refractivity contribution < 1.29 is 14.3 Å². The molecule has 1 unspecified atom stereocenters. The maximum atomic E-state index is 12.6. The van der Waals surface area contributed by atoms with Gasteiger partial charge in [0.1, 0.15) is 0 Å². The molecule has 0 aliphatic carbocycles. The summed E-state index contributed by atoms with van der Waals surface area (Å²) in [6.45, 7) is 6.39. The van der Waals surface area contributed by atoms with Crippen LogP contribution in [0.4, 0.5) is 0 Å². The monoisotopic (exact) mass is 361 g/mol. The number of hydrogen-bond donors (Lipinski definition) is 0. The van der Waals surface area contributed by atoms with Crippen molar-refractivity contribution in [1.82, 2.24) is 4.90 Å². The average molecular weight is 362 g/mol. The number of benzene rings is 1. The van der Waals surface area contributed by atoms with Crippen LogP contribution in [0, 0.1) is 12.8 Å². The molecule has 3 aliphatic rings. The van der Waals surface area contributed by atoms with Crippen molar-refractivity contribution in [2.45, 2.75) is 37.0 Å². The Morgan fingerprint density at radius 1 is 1.36 bits per heavy atom. The van der Waals surface area contributed by atoms with E-state index in [-0.39, 0.29) is 10.7 Å². The van der Waals surface area contributed by atoms with Crippen LogP contribution >= 0.6 is 11.8 Å². The van der Waals surface area contributed by atoms with Crippen molar-refractivity contribution in [3.05, 3.63) is 35.4 Å². The fourth-order valence-electron chi connectivity index (χ4n) is 4.07. The van der Waals surface area contributed by atoms with Crippen LogP contribution in [0.5, 0.6) is 0 Å². The van der Waals surface area contributed by atoms with Gasteiger partial charge in [-0.2, -0.15) is 0 Å². The van der Waals surface area contributed by atoms with Crippen LogP contribution in [0.1, 0.15) is 35.2 Å². The van der Waals surface area contributed by atoms with E-state index in [2.05, 4.69) is 0 Å². The Morgan fingerprint density at radius 3 is 2.92 bits per heavy atom. The maximum absolute atomic E-state index is 12.6. The number of hydrogen-bond acceptors (Lipinski definition) is 4. The highest BCUT2D eigenvalue weighted by Gasteiger charge is 2.51. The number of ether oxygens (including phenoxy) is 2. The Bertz CT molecular complexity index is 623. The molecule has 0 radical (unpaired) electrons.